The number of carbonyl (C=O) groups excluding carboxylic acids is 1. The smallest absolute Gasteiger partial charge is 0.293 e. The molecule has 3 heterocycles. The second-order valence-electron chi connectivity index (χ2n) is 7.18. The van der Waals surface area contributed by atoms with Crippen LogP contribution in [0.2, 0.25) is 0 Å². The van der Waals surface area contributed by atoms with Crippen LogP contribution >= 0.6 is 0 Å². The molecule has 0 aliphatic carbocycles. The lowest BCUT2D eigenvalue weighted by Crippen LogP contribution is -2.31. The van der Waals surface area contributed by atoms with Gasteiger partial charge in [-0.3, -0.25) is 9.59 Å². The Hall–Kier alpha value is -4.34. The van der Waals surface area contributed by atoms with Crippen LogP contribution in [0.15, 0.2) is 53.3 Å². The number of amides is 1. The number of carbonyl (C=O) groups is 1. The molecule has 0 spiro atoms. The highest BCUT2D eigenvalue weighted by Crippen LogP contribution is 2.34. The van der Waals surface area contributed by atoms with Gasteiger partial charge >= 0.3 is 0 Å². The minimum Gasteiger partial charge on any atom is -0.497 e. The predicted octanol–water partition coefficient (Wildman–Crippen LogP) is 2.24. The van der Waals surface area contributed by atoms with Crippen LogP contribution in [-0.2, 0) is 11.3 Å². The summed E-state index contributed by atoms with van der Waals surface area (Å²) in [5.41, 5.74) is 1.91. The average molecular weight is 433 g/mol. The number of fused-ring (bicyclic) bond motifs is 2. The summed E-state index contributed by atoms with van der Waals surface area (Å²) in [6, 6.07) is 14.1. The molecule has 1 N–H and O–H groups in total. The zero-order valence-corrected chi connectivity index (χ0v) is 17.4. The van der Waals surface area contributed by atoms with E-state index in [9.17, 15) is 9.59 Å². The molecule has 1 aliphatic rings. The van der Waals surface area contributed by atoms with Crippen LogP contribution in [0.5, 0.6) is 17.2 Å². The lowest BCUT2D eigenvalue weighted by Gasteiger charge is -2.08. The summed E-state index contributed by atoms with van der Waals surface area (Å²) < 4.78 is 18.4. The molecule has 0 unspecified atom stereocenters. The van der Waals surface area contributed by atoms with Gasteiger partial charge in [-0.2, -0.15) is 10.2 Å². The van der Waals surface area contributed by atoms with E-state index in [4.69, 9.17) is 14.2 Å². The predicted molar refractivity (Wildman–Crippen MR) is 115 cm³/mol. The first kappa shape index (κ1) is 19.6. The minimum atomic E-state index is -0.413. The highest BCUT2D eigenvalue weighted by Gasteiger charge is 2.17. The van der Waals surface area contributed by atoms with Crippen molar-refractivity contribution in [1.82, 2.24) is 19.4 Å². The third-order valence-electron chi connectivity index (χ3n) is 5.07. The van der Waals surface area contributed by atoms with Gasteiger partial charge in [0.05, 0.1) is 12.8 Å². The van der Waals surface area contributed by atoms with Gasteiger partial charge in [0, 0.05) is 17.3 Å². The van der Waals surface area contributed by atoms with Gasteiger partial charge in [0.15, 0.2) is 11.5 Å². The average Bonchev–Trinajstić information content (AvgIpc) is 3.45. The lowest BCUT2D eigenvalue weighted by atomic mass is 10.1. The van der Waals surface area contributed by atoms with Crippen LogP contribution in [0.25, 0.3) is 16.8 Å². The van der Waals surface area contributed by atoms with Gasteiger partial charge < -0.3 is 19.5 Å². The molecule has 10 nitrogen and oxygen atoms in total. The zero-order valence-electron chi connectivity index (χ0n) is 17.4. The number of nitrogens with zero attached hydrogens (tertiary/aromatic N) is 4. The van der Waals surface area contributed by atoms with Gasteiger partial charge in [0.1, 0.15) is 23.6 Å². The van der Waals surface area contributed by atoms with E-state index in [1.165, 1.54) is 4.52 Å². The number of methoxy groups -OCH3 is 1. The van der Waals surface area contributed by atoms with Crippen LogP contribution in [0.3, 0.4) is 0 Å². The maximum absolute atomic E-state index is 13.0. The zero-order chi connectivity index (χ0) is 22.2. The van der Waals surface area contributed by atoms with E-state index in [-0.39, 0.29) is 13.3 Å². The first-order chi connectivity index (χ1) is 15.5. The Morgan fingerprint density at radius 3 is 2.66 bits per heavy atom. The number of hydrogen-bond acceptors (Lipinski definition) is 7. The van der Waals surface area contributed by atoms with Crippen molar-refractivity contribution in [2.45, 2.75) is 13.5 Å². The second-order valence-corrected chi connectivity index (χ2v) is 7.18. The Bertz CT molecular complexity index is 1390. The molecular weight excluding hydrogens is 414 g/mol. The van der Waals surface area contributed by atoms with E-state index in [1.807, 2.05) is 24.3 Å². The normalized spacial score (nSPS) is 12.2. The van der Waals surface area contributed by atoms with Gasteiger partial charge in [-0.25, -0.2) is 9.20 Å². The Morgan fingerprint density at radius 1 is 1.09 bits per heavy atom. The summed E-state index contributed by atoms with van der Waals surface area (Å²) in [6.07, 6.45) is 0. The number of hydrogen-bond donors (Lipinski definition) is 1. The van der Waals surface area contributed by atoms with E-state index >= 15 is 0 Å². The van der Waals surface area contributed by atoms with Crippen LogP contribution in [-0.4, -0.2) is 39.2 Å². The quantitative estimate of drug-likeness (QED) is 0.514. The number of aryl methyl sites for hydroxylation is 1. The Balaban J connectivity index is 1.41. The molecule has 4 aromatic rings. The van der Waals surface area contributed by atoms with Gasteiger partial charge in [-0.15, -0.1) is 0 Å². The minimum absolute atomic E-state index is 0.148. The number of ether oxygens (including phenoxy) is 3. The fourth-order valence-corrected chi connectivity index (χ4v) is 3.50. The molecule has 2 aromatic carbocycles. The third kappa shape index (κ3) is 3.51. The monoisotopic (exact) mass is 433 g/mol. The summed E-state index contributed by atoms with van der Waals surface area (Å²) >= 11 is 0. The number of anilines is 1. The van der Waals surface area contributed by atoms with E-state index in [0.717, 1.165) is 16.0 Å². The molecule has 0 bridgehead atoms. The summed E-state index contributed by atoms with van der Waals surface area (Å²) in [7, 11) is 1.60. The number of rotatable bonds is 5. The molecule has 0 radical (unpaired) electrons. The Kier molecular flexibility index (Phi) is 4.74. The van der Waals surface area contributed by atoms with E-state index in [0.29, 0.717) is 34.2 Å². The number of nitrogens with one attached hydrogen (secondary N) is 1. The van der Waals surface area contributed by atoms with Crippen LogP contribution in [0, 0.1) is 6.92 Å². The maximum atomic E-state index is 13.0. The highest BCUT2D eigenvalue weighted by atomic mass is 16.7. The summed E-state index contributed by atoms with van der Waals surface area (Å²) in [5.74, 6) is 1.99. The van der Waals surface area contributed by atoms with Crippen molar-refractivity contribution < 1.29 is 19.0 Å². The van der Waals surface area contributed by atoms with E-state index < -0.39 is 11.5 Å². The number of benzene rings is 2. The topological polar surface area (TPSA) is 109 Å². The van der Waals surface area contributed by atoms with Gasteiger partial charge in [-0.05, 0) is 49.4 Å². The molecule has 0 fully saturated rings. The van der Waals surface area contributed by atoms with E-state index in [1.54, 1.807) is 38.3 Å². The molecule has 0 saturated carbocycles. The first-order valence-corrected chi connectivity index (χ1v) is 9.83. The molecule has 10 heteroatoms. The summed E-state index contributed by atoms with van der Waals surface area (Å²) in [6.45, 7) is 1.63. The van der Waals surface area contributed by atoms with E-state index in [2.05, 4.69) is 15.5 Å². The van der Waals surface area contributed by atoms with Gasteiger partial charge in [-0.1, -0.05) is 0 Å². The molecule has 0 atom stereocenters. The SMILES string of the molecule is COc1ccc(-c2cc3c(=O)n(CC(=O)Nc4ccc5c(c4)OCO5)nc(C)n3n2)cc1. The summed E-state index contributed by atoms with van der Waals surface area (Å²) in [4.78, 5) is 25.5. The molecule has 1 aliphatic heterocycles. The van der Waals surface area contributed by atoms with Crippen LogP contribution in [0.1, 0.15) is 5.82 Å². The van der Waals surface area contributed by atoms with Crippen molar-refractivity contribution in [2.24, 2.45) is 0 Å². The Morgan fingerprint density at radius 2 is 1.88 bits per heavy atom. The standard InChI is InChI=1S/C22H19N5O5/c1-13-24-26(11-21(28)23-15-5-8-19-20(9-15)32-12-31-19)22(29)18-10-17(25-27(13)18)14-3-6-16(30-2)7-4-14/h3-10H,11-12H2,1-2H3,(H,23,28). The second kappa shape index (κ2) is 7.73. The first-order valence-electron chi connectivity index (χ1n) is 9.83. The molecule has 162 valence electrons. The molecule has 5 rings (SSSR count). The largest absolute Gasteiger partial charge is 0.497 e. The number of aromatic nitrogens is 4. The van der Waals surface area contributed by atoms with Crippen LogP contribution < -0.4 is 25.1 Å². The highest BCUT2D eigenvalue weighted by molar-refractivity contribution is 5.91. The van der Waals surface area contributed by atoms with Gasteiger partial charge in [0.2, 0.25) is 12.7 Å². The van der Waals surface area contributed by atoms with Crippen molar-refractivity contribution >= 4 is 17.1 Å². The van der Waals surface area contributed by atoms with Crippen molar-refractivity contribution in [3.63, 3.8) is 0 Å². The molecular formula is C22H19N5O5. The van der Waals surface area contributed by atoms with Crippen molar-refractivity contribution in [3.8, 4) is 28.5 Å². The van der Waals surface area contributed by atoms with Crippen molar-refractivity contribution in [1.29, 1.82) is 0 Å². The van der Waals surface area contributed by atoms with Crippen LogP contribution in [0.4, 0.5) is 5.69 Å². The molecule has 2 aromatic heterocycles. The maximum Gasteiger partial charge on any atom is 0.293 e. The van der Waals surface area contributed by atoms with Crippen molar-refractivity contribution in [3.05, 3.63) is 64.7 Å². The fraction of sp³-hybridized carbons (Fsp3) is 0.182. The Labute approximate surface area is 182 Å². The lowest BCUT2D eigenvalue weighted by molar-refractivity contribution is -0.117. The molecule has 0 saturated heterocycles. The molecule has 32 heavy (non-hydrogen) atoms. The molecule has 1 amide bonds. The van der Waals surface area contributed by atoms with Crippen molar-refractivity contribution in [2.75, 3.05) is 19.2 Å². The third-order valence-corrected chi connectivity index (χ3v) is 5.07. The summed E-state index contributed by atoms with van der Waals surface area (Å²) in [5, 5.41) is 11.5. The fourth-order valence-electron chi connectivity index (χ4n) is 3.50. The van der Waals surface area contributed by atoms with Gasteiger partial charge in [0.25, 0.3) is 5.56 Å².